The molecule has 0 radical (unpaired) electrons. The van der Waals surface area contributed by atoms with Gasteiger partial charge in [0, 0.05) is 22.1 Å². The number of carbonyl (C=O) groups excluding carboxylic acids is 2. The Morgan fingerprint density at radius 3 is 2.53 bits per heavy atom. The summed E-state index contributed by atoms with van der Waals surface area (Å²) in [5.41, 5.74) is 0.803. The second-order valence-electron chi connectivity index (χ2n) is 4.57. The first-order chi connectivity index (χ1) is 9.20. The summed E-state index contributed by atoms with van der Waals surface area (Å²) in [5, 5.41) is 0. The Hall–Kier alpha value is -1.29. The molecule has 0 unspecified atom stereocenters. The third-order valence-corrected chi connectivity index (χ3v) is 3.98. The van der Waals surface area contributed by atoms with Gasteiger partial charge in [-0.05, 0) is 31.9 Å². The molecule has 0 saturated heterocycles. The molecule has 102 valence electrons. The van der Waals surface area contributed by atoms with Crippen LogP contribution in [0.4, 0.5) is 0 Å². The summed E-state index contributed by atoms with van der Waals surface area (Å²) in [6, 6.07) is 7.66. The van der Waals surface area contributed by atoms with Crippen LogP contribution in [0.15, 0.2) is 29.2 Å². The SMILES string of the molecule is CCOC(=O)CCSc1ccc(C(=O)C2CC2)cc1. The zero-order chi connectivity index (χ0) is 13.7. The minimum atomic E-state index is -0.157. The molecule has 0 atom stereocenters. The quantitative estimate of drug-likeness (QED) is 0.436. The first kappa shape index (κ1) is 14.1. The van der Waals surface area contributed by atoms with E-state index in [-0.39, 0.29) is 17.7 Å². The minimum absolute atomic E-state index is 0.157. The molecule has 0 heterocycles. The number of benzene rings is 1. The number of ether oxygens (including phenoxy) is 1. The van der Waals surface area contributed by atoms with Crippen LogP contribution < -0.4 is 0 Å². The highest BCUT2D eigenvalue weighted by molar-refractivity contribution is 7.99. The standard InChI is InChI=1S/C15H18O3S/c1-2-18-14(16)9-10-19-13-7-5-12(6-8-13)15(17)11-3-4-11/h5-8,11H,2-4,9-10H2,1H3. The van der Waals surface area contributed by atoms with Crippen molar-refractivity contribution in [1.82, 2.24) is 0 Å². The number of hydrogen-bond donors (Lipinski definition) is 0. The molecule has 1 aliphatic carbocycles. The lowest BCUT2D eigenvalue weighted by molar-refractivity contribution is -0.142. The van der Waals surface area contributed by atoms with Gasteiger partial charge in [0.15, 0.2) is 5.78 Å². The molecule has 0 spiro atoms. The topological polar surface area (TPSA) is 43.4 Å². The fraction of sp³-hybridized carbons (Fsp3) is 0.467. The van der Waals surface area contributed by atoms with E-state index in [0.717, 1.165) is 23.3 Å². The minimum Gasteiger partial charge on any atom is -0.466 e. The molecule has 4 heteroatoms. The Kier molecular flexibility index (Phi) is 5.02. The number of ketones is 1. The Balaban J connectivity index is 1.78. The number of esters is 1. The first-order valence-electron chi connectivity index (χ1n) is 6.63. The van der Waals surface area contributed by atoms with Gasteiger partial charge in [-0.15, -0.1) is 11.8 Å². The Morgan fingerprint density at radius 1 is 1.26 bits per heavy atom. The molecule has 0 aliphatic heterocycles. The van der Waals surface area contributed by atoms with E-state index in [9.17, 15) is 9.59 Å². The molecule has 0 bridgehead atoms. The molecule has 1 fully saturated rings. The van der Waals surface area contributed by atoms with Crippen molar-refractivity contribution in [3.05, 3.63) is 29.8 Å². The second kappa shape index (κ2) is 6.75. The lowest BCUT2D eigenvalue weighted by Gasteiger charge is -2.03. The molecule has 19 heavy (non-hydrogen) atoms. The average molecular weight is 278 g/mol. The lowest BCUT2D eigenvalue weighted by atomic mass is 10.1. The molecule has 3 nitrogen and oxygen atoms in total. The third kappa shape index (κ3) is 4.39. The monoisotopic (exact) mass is 278 g/mol. The van der Waals surface area contributed by atoms with E-state index in [1.54, 1.807) is 18.7 Å². The lowest BCUT2D eigenvalue weighted by Crippen LogP contribution is -2.04. The number of Topliss-reactive ketones (excluding diaryl/α,β-unsaturated/α-hetero) is 1. The van der Waals surface area contributed by atoms with Crippen molar-refractivity contribution < 1.29 is 14.3 Å². The number of hydrogen-bond acceptors (Lipinski definition) is 4. The maximum Gasteiger partial charge on any atom is 0.306 e. The summed E-state index contributed by atoms with van der Waals surface area (Å²) < 4.78 is 4.87. The zero-order valence-electron chi connectivity index (χ0n) is 11.1. The maximum atomic E-state index is 11.8. The molecule has 1 saturated carbocycles. The summed E-state index contributed by atoms with van der Waals surface area (Å²) in [6.07, 6.45) is 2.49. The third-order valence-electron chi connectivity index (χ3n) is 2.97. The van der Waals surface area contributed by atoms with Crippen molar-refractivity contribution >= 4 is 23.5 Å². The number of carbonyl (C=O) groups is 2. The van der Waals surface area contributed by atoms with Gasteiger partial charge in [-0.3, -0.25) is 9.59 Å². The summed E-state index contributed by atoms with van der Waals surface area (Å²) >= 11 is 1.61. The Bertz CT molecular complexity index is 449. The number of thioether (sulfide) groups is 1. The maximum absolute atomic E-state index is 11.8. The summed E-state index contributed by atoms with van der Waals surface area (Å²) in [4.78, 5) is 24.1. The molecule has 0 N–H and O–H groups in total. The summed E-state index contributed by atoms with van der Waals surface area (Å²) in [5.74, 6) is 1.08. The average Bonchev–Trinajstić information content (AvgIpc) is 3.23. The Labute approximate surface area is 117 Å². The van der Waals surface area contributed by atoms with Gasteiger partial charge >= 0.3 is 5.97 Å². The zero-order valence-corrected chi connectivity index (χ0v) is 11.9. The van der Waals surface area contributed by atoms with E-state index < -0.39 is 0 Å². The van der Waals surface area contributed by atoms with Crippen molar-refractivity contribution in [3.8, 4) is 0 Å². The number of rotatable bonds is 7. The molecule has 0 aromatic heterocycles. The van der Waals surface area contributed by atoms with Gasteiger partial charge in [0.05, 0.1) is 13.0 Å². The second-order valence-corrected chi connectivity index (χ2v) is 5.73. The van der Waals surface area contributed by atoms with Crippen molar-refractivity contribution in [3.63, 3.8) is 0 Å². The fourth-order valence-corrected chi connectivity index (χ4v) is 2.61. The molecule has 0 amide bonds. The molecule has 1 aliphatic rings. The van der Waals surface area contributed by atoms with Crippen LogP contribution in [0.25, 0.3) is 0 Å². The normalized spacial score (nSPS) is 14.2. The van der Waals surface area contributed by atoms with Crippen LogP contribution >= 0.6 is 11.8 Å². The van der Waals surface area contributed by atoms with Gasteiger partial charge in [0.2, 0.25) is 0 Å². The first-order valence-corrected chi connectivity index (χ1v) is 7.62. The van der Waals surface area contributed by atoms with E-state index >= 15 is 0 Å². The van der Waals surface area contributed by atoms with Gasteiger partial charge in [-0.2, -0.15) is 0 Å². The highest BCUT2D eigenvalue weighted by atomic mass is 32.2. The molecule has 2 rings (SSSR count). The van der Waals surface area contributed by atoms with Crippen LogP contribution in [0.5, 0.6) is 0 Å². The smallest absolute Gasteiger partial charge is 0.306 e. The van der Waals surface area contributed by atoms with E-state index in [1.165, 1.54) is 0 Å². The van der Waals surface area contributed by atoms with Crippen LogP contribution in [-0.4, -0.2) is 24.1 Å². The Morgan fingerprint density at radius 2 is 1.95 bits per heavy atom. The van der Waals surface area contributed by atoms with E-state index in [4.69, 9.17) is 4.74 Å². The molecular formula is C15H18O3S. The molecular weight excluding hydrogens is 260 g/mol. The van der Waals surface area contributed by atoms with Crippen LogP contribution in [0.1, 0.15) is 36.5 Å². The van der Waals surface area contributed by atoms with E-state index in [1.807, 2.05) is 24.3 Å². The highest BCUT2D eigenvalue weighted by Gasteiger charge is 2.30. The van der Waals surface area contributed by atoms with E-state index in [2.05, 4.69) is 0 Å². The van der Waals surface area contributed by atoms with Gasteiger partial charge < -0.3 is 4.74 Å². The predicted molar refractivity (Wildman–Crippen MR) is 75.5 cm³/mol. The van der Waals surface area contributed by atoms with Crippen molar-refractivity contribution in [1.29, 1.82) is 0 Å². The van der Waals surface area contributed by atoms with Crippen molar-refractivity contribution in [2.45, 2.75) is 31.1 Å². The van der Waals surface area contributed by atoms with Crippen molar-refractivity contribution in [2.24, 2.45) is 5.92 Å². The highest BCUT2D eigenvalue weighted by Crippen LogP contribution is 2.33. The molecule has 1 aromatic carbocycles. The molecule has 1 aromatic rings. The van der Waals surface area contributed by atoms with Gasteiger partial charge in [-0.1, -0.05) is 12.1 Å². The van der Waals surface area contributed by atoms with Crippen LogP contribution in [0.3, 0.4) is 0 Å². The van der Waals surface area contributed by atoms with Crippen LogP contribution in [0, 0.1) is 5.92 Å². The van der Waals surface area contributed by atoms with E-state index in [0.29, 0.717) is 18.8 Å². The predicted octanol–water partition coefficient (Wildman–Crippen LogP) is 3.32. The van der Waals surface area contributed by atoms with Crippen molar-refractivity contribution in [2.75, 3.05) is 12.4 Å². The van der Waals surface area contributed by atoms with Gasteiger partial charge in [0.1, 0.15) is 0 Å². The van der Waals surface area contributed by atoms with Crippen LogP contribution in [0.2, 0.25) is 0 Å². The van der Waals surface area contributed by atoms with Crippen LogP contribution in [-0.2, 0) is 9.53 Å². The summed E-state index contributed by atoms with van der Waals surface area (Å²) in [7, 11) is 0. The van der Waals surface area contributed by atoms with Gasteiger partial charge in [-0.25, -0.2) is 0 Å². The largest absolute Gasteiger partial charge is 0.466 e. The fourth-order valence-electron chi connectivity index (χ4n) is 1.78. The van der Waals surface area contributed by atoms with Gasteiger partial charge in [0.25, 0.3) is 0 Å². The summed E-state index contributed by atoms with van der Waals surface area (Å²) in [6.45, 7) is 2.24.